The van der Waals surface area contributed by atoms with Crippen molar-refractivity contribution in [2.45, 2.75) is 0 Å². The van der Waals surface area contributed by atoms with E-state index in [2.05, 4.69) is 45.3 Å². The lowest BCUT2D eigenvalue weighted by Gasteiger charge is -2.08. The minimum atomic E-state index is 0.144. The van der Waals surface area contributed by atoms with Crippen LogP contribution < -0.4 is 0 Å². The van der Waals surface area contributed by atoms with Gasteiger partial charge in [0.25, 0.3) is 0 Å². The van der Waals surface area contributed by atoms with Crippen molar-refractivity contribution >= 4 is 11.6 Å². The lowest BCUT2D eigenvalue weighted by atomic mass is 10.0. The molecule has 4 aromatic carbocycles. The van der Waals surface area contributed by atoms with E-state index < -0.39 is 0 Å². The number of nitriles is 1. The molecule has 0 unspecified atom stereocenters. The maximum absolute atomic E-state index is 9.14. The van der Waals surface area contributed by atoms with Gasteiger partial charge in [-0.2, -0.15) is 15.2 Å². The highest BCUT2D eigenvalue weighted by Crippen LogP contribution is 2.28. The van der Waals surface area contributed by atoms with Crippen LogP contribution in [0.25, 0.3) is 45.0 Å². The van der Waals surface area contributed by atoms with E-state index in [4.69, 9.17) is 16.9 Å². The van der Waals surface area contributed by atoms with Gasteiger partial charge in [0.05, 0.1) is 11.6 Å². The van der Waals surface area contributed by atoms with Crippen molar-refractivity contribution in [3.8, 4) is 51.1 Å². The Labute approximate surface area is 196 Å². The Morgan fingerprint density at radius 1 is 0.515 bits per heavy atom. The van der Waals surface area contributed by atoms with Crippen LogP contribution in [-0.2, 0) is 0 Å². The van der Waals surface area contributed by atoms with E-state index in [1.165, 1.54) is 0 Å². The Morgan fingerprint density at radius 3 is 1.79 bits per heavy atom. The Kier molecular flexibility index (Phi) is 5.63. The normalized spacial score (nSPS) is 10.5. The van der Waals surface area contributed by atoms with Gasteiger partial charge in [-0.3, -0.25) is 0 Å². The number of rotatable bonds is 4. The van der Waals surface area contributed by atoms with Crippen LogP contribution in [0.3, 0.4) is 0 Å². The molecule has 5 aromatic rings. The average molecular weight is 445 g/mol. The molecule has 4 nitrogen and oxygen atoms in total. The summed E-state index contributed by atoms with van der Waals surface area (Å²) in [6, 6.07) is 35.8. The molecular formula is C28H17ClN4. The zero-order valence-corrected chi connectivity index (χ0v) is 18.2. The third-order valence-corrected chi connectivity index (χ3v) is 5.47. The highest BCUT2D eigenvalue weighted by atomic mass is 35.5. The molecule has 0 radical (unpaired) electrons. The van der Waals surface area contributed by atoms with Gasteiger partial charge in [-0.25, -0.2) is 4.98 Å². The SMILES string of the molecule is N#Cc1cccc(-c2ccc(-c3nc(Cl)nc(-c4cccc(-c5ccccc5)c4)n3)cc2)c1. The monoisotopic (exact) mass is 444 g/mol. The van der Waals surface area contributed by atoms with Crippen LogP contribution in [0.5, 0.6) is 0 Å². The van der Waals surface area contributed by atoms with Crippen molar-refractivity contribution in [1.29, 1.82) is 5.26 Å². The molecule has 5 rings (SSSR count). The second-order valence-electron chi connectivity index (χ2n) is 7.47. The summed E-state index contributed by atoms with van der Waals surface area (Å²) in [5.74, 6) is 1.03. The van der Waals surface area contributed by atoms with Gasteiger partial charge in [0, 0.05) is 11.1 Å². The molecule has 1 heterocycles. The predicted octanol–water partition coefficient (Wildman–Crippen LogP) is 7.06. The van der Waals surface area contributed by atoms with E-state index in [9.17, 15) is 0 Å². The number of nitrogens with zero attached hydrogens (tertiary/aromatic N) is 4. The fraction of sp³-hybridized carbons (Fsp3) is 0. The standard InChI is InChI=1S/C28H17ClN4/c29-28-32-26(22-14-12-21(13-15-22)23-9-4-6-19(16-23)18-30)31-27(33-28)25-11-5-10-24(17-25)20-7-2-1-3-8-20/h1-17H. The number of benzene rings is 4. The molecule has 0 spiro atoms. The van der Waals surface area contributed by atoms with E-state index in [1.807, 2.05) is 72.8 Å². The van der Waals surface area contributed by atoms with E-state index in [1.54, 1.807) is 6.07 Å². The zero-order chi connectivity index (χ0) is 22.6. The summed E-state index contributed by atoms with van der Waals surface area (Å²) < 4.78 is 0. The number of hydrogen-bond donors (Lipinski definition) is 0. The van der Waals surface area contributed by atoms with Crippen LogP contribution in [0, 0.1) is 11.3 Å². The van der Waals surface area contributed by atoms with Gasteiger partial charge in [0.2, 0.25) is 5.28 Å². The topological polar surface area (TPSA) is 62.5 Å². The highest BCUT2D eigenvalue weighted by molar-refractivity contribution is 6.28. The van der Waals surface area contributed by atoms with E-state index in [0.717, 1.165) is 33.4 Å². The molecule has 0 bridgehead atoms. The maximum atomic E-state index is 9.14. The first-order chi connectivity index (χ1) is 16.2. The molecular weight excluding hydrogens is 428 g/mol. The molecule has 0 amide bonds. The van der Waals surface area contributed by atoms with E-state index in [0.29, 0.717) is 17.2 Å². The first-order valence-electron chi connectivity index (χ1n) is 10.4. The van der Waals surface area contributed by atoms with E-state index >= 15 is 0 Å². The number of halogens is 1. The number of hydrogen-bond acceptors (Lipinski definition) is 4. The third kappa shape index (κ3) is 4.50. The third-order valence-electron chi connectivity index (χ3n) is 5.30. The molecule has 0 fully saturated rings. The van der Waals surface area contributed by atoms with Gasteiger partial charge >= 0.3 is 0 Å². The van der Waals surface area contributed by atoms with Gasteiger partial charge < -0.3 is 0 Å². The van der Waals surface area contributed by atoms with Crippen molar-refractivity contribution in [3.05, 3.63) is 114 Å². The van der Waals surface area contributed by atoms with Crippen LogP contribution in [0.2, 0.25) is 5.28 Å². The fourth-order valence-electron chi connectivity index (χ4n) is 3.66. The Morgan fingerprint density at radius 2 is 1.06 bits per heavy atom. The quantitative estimate of drug-likeness (QED) is 0.297. The molecule has 33 heavy (non-hydrogen) atoms. The van der Waals surface area contributed by atoms with Gasteiger partial charge in [-0.15, -0.1) is 0 Å². The van der Waals surface area contributed by atoms with Crippen LogP contribution in [0.15, 0.2) is 103 Å². The second-order valence-corrected chi connectivity index (χ2v) is 7.81. The summed E-state index contributed by atoms with van der Waals surface area (Å²) in [4.78, 5) is 13.4. The smallest absolute Gasteiger partial charge is 0.208 e. The largest absolute Gasteiger partial charge is 0.226 e. The lowest BCUT2D eigenvalue weighted by Crippen LogP contribution is -1.97. The predicted molar refractivity (Wildman–Crippen MR) is 131 cm³/mol. The lowest BCUT2D eigenvalue weighted by molar-refractivity contribution is 1.07. The van der Waals surface area contributed by atoms with Crippen molar-refractivity contribution < 1.29 is 0 Å². The van der Waals surface area contributed by atoms with Crippen LogP contribution in [0.1, 0.15) is 5.56 Å². The summed E-state index contributed by atoms with van der Waals surface area (Å²) in [6.07, 6.45) is 0. The molecule has 156 valence electrons. The van der Waals surface area contributed by atoms with Gasteiger partial charge in [-0.05, 0) is 52.1 Å². The van der Waals surface area contributed by atoms with Crippen LogP contribution in [0.4, 0.5) is 0 Å². The molecule has 0 saturated carbocycles. The summed E-state index contributed by atoms with van der Waals surface area (Å²) in [7, 11) is 0. The van der Waals surface area contributed by atoms with Gasteiger partial charge in [-0.1, -0.05) is 84.9 Å². The molecule has 0 N–H and O–H groups in total. The average Bonchev–Trinajstić information content (AvgIpc) is 2.89. The minimum Gasteiger partial charge on any atom is -0.208 e. The van der Waals surface area contributed by atoms with Crippen molar-refractivity contribution in [1.82, 2.24) is 15.0 Å². The first kappa shape index (κ1) is 20.6. The van der Waals surface area contributed by atoms with Crippen molar-refractivity contribution in [2.75, 3.05) is 0 Å². The summed E-state index contributed by atoms with van der Waals surface area (Å²) in [5, 5.41) is 9.29. The molecule has 0 aliphatic heterocycles. The molecule has 0 atom stereocenters. The van der Waals surface area contributed by atoms with Gasteiger partial charge in [0.15, 0.2) is 11.6 Å². The van der Waals surface area contributed by atoms with Crippen LogP contribution >= 0.6 is 11.6 Å². The minimum absolute atomic E-state index is 0.144. The fourth-order valence-corrected chi connectivity index (χ4v) is 3.82. The maximum Gasteiger partial charge on any atom is 0.226 e. The highest BCUT2D eigenvalue weighted by Gasteiger charge is 2.11. The molecule has 5 heteroatoms. The first-order valence-corrected chi connectivity index (χ1v) is 10.8. The van der Waals surface area contributed by atoms with E-state index in [-0.39, 0.29) is 5.28 Å². The van der Waals surface area contributed by atoms with Crippen molar-refractivity contribution in [2.24, 2.45) is 0 Å². The summed E-state index contributed by atoms with van der Waals surface area (Å²) in [5.41, 5.74) is 6.51. The molecule has 0 saturated heterocycles. The number of aromatic nitrogens is 3. The summed E-state index contributed by atoms with van der Waals surface area (Å²) >= 11 is 6.27. The Balaban J connectivity index is 1.49. The zero-order valence-electron chi connectivity index (χ0n) is 17.5. The van der Waals surface area contributed by atoms with Crippen LogP contribution in [-0.4, -0.2) is 15.0 Å². The molecule has 0 aliphatic carbocycles. The van der Waals surface area contributed by atoms with Crippen molar-refractivity contribution in [3.63, 3.8) is 0 Å². The molecule has 1 aromatic heterocycles. The van der Waals surface area contributed by atoms with Gasteiger partial charge in [0.1, 0.15) is 0 Å². The Bertz CT molecular complexity index is 1470. The second kappa shape index (κ2) is 9.04. The Hall–Kier alpha value is -4.33. The summed E-state index contributed by atoms with van der Waals surface area (Å²) in [6.45, 7) is 0. The molecule has 0 aliphatic rings.